The molecule has 1 saturated heterocycles. The molecule has 0 radical (unpaired) electrons. The van der Waals surface area contributed by atoms with Gasteiger partial charge >= 0.3 is 0 Å². The van der Waals surface area contributed by atoms with Crippen molar-refractivity contribution in [3.05, 3.63) is 23.9 Å². The van der Waals surface area contributed by atoms with E-state index >= 15 is 0 Å². The number of anilines is 1. The van der Waals surface area contributed by atoms with E-state index in [1.807, 2.05) is 0 Å². The number of nitrogens with zero attached hydrogens (tertiary/aromatic N) is 2. The normalized spacial score (nSPS) is 24.4. The van der Waals surface area contributed by atoms with Gasteiger partial charge in [0.2, 0.25) is 0 Å². The second kappa shape index (κ2) is 5.27. The van der Waals surface area contributed by atoms with Crippen molar-refractivity contribution in [2.24, 2.45) is 0 Å². The average molecular weight is 245 g/mol. The van der Waals surface area contributed by atoms with Crippen molar-refractivity contribution in [3.8, 4) is 0 Å². The fourth-order valence-electron chi connectivity index (χ4n) is 2.88. The fraction of sp³-hybridized carbons (Fsp3) is 0.667. The van der Waals surface area contributed by atoms with Gasteiger partial charge < -0.3 is 5.32 Å². The maximum absolute atomic E-state index is 4.56. The number of pyridine rings is 1. The Hall–Kier alpha value is -1.09. The SMILES string of the molecule is CCCN1CCCC1c1ccc(NC2CC2)nc1. The summed E-state index contributed by atoms with van der Waals surface area (Å²) in [4.78, 5) is 7.16. The predicted molar refractivity (Wildman–Crippen MR) is 74.7 cm³/mol. The van der Waals surface area contributed by atoms with E-state index in [1.54, 1.807) is 0 Å². The third-order valence-corrected chi connectivity index (χ3v) is 3.97. The van der Waals surface area contributed by atoms with Crippen LogP contribution in [0, 0.1) is 0 Å². The largest absolute Gasteiger partial charge is 0.367 e. The highest BCUT2D eigenvalue weighted by molar-refractivity contribution is 5.38. The Labute approximate surface area is 110 Å². The van der Waals surface area contributed by atoms with Crippen molar-refractivity contribution in [2.75, 3.05) is 18.4 Å². The molecule has 1 saturated carbocycles. The number of nitrogens with one attached hydrogen (secondary N) is 1. The number of hydrogen-bond acceptors (Lipinski definition) is 3. The first kappa shape index (κ1) is 12.0. The van der Waals surface area contributed by atoms with Crippen molar-refractivity contribution >= 4 is 5.82 Å². The fourth-order valence-corrected chi connectivity index (χ4v) is 2.88. The number of aromatic nitrogens is 1. The van der Waals surface area contributed by atoms with Crippen LogP contribution in [0.2, 0.25) is 0 Å². The van der Waals surface area contributed by atoms with Crippen LogP contribution < -0.4 is 5.32 Å². The standard InChI is InChI=1S/C15H23N3/c1-2-9-18-10-3-4-14(18)12-5-8-15(16-11-12)17-13-6-7-13/h5,8,11,13-14H,2-4,6-7,9-10H2,1H3,(H,16,17). The van der Waals surface area contributed by atoms with Crippen LogP contribution in [0.3, 0.4) is 0 Å². The van der Waals surface area contributed by atoms with Crippen molar-refractivity contribution in [1.29, 1.82) is 0 Å². The molecule has 0 bridgehead atoms. The van der Waals surface area contributed by atoms with E-state index < -0.39 is 0 Å². The molecular formula is C15H23N3. The summed E-state index contributed by atoms with van der Waals surface area (Å²) in [7, 11) is 0. The zero-order chi connectivity index (χ0) is 12.4. The maximum Gasteiger partial charge on any atom is 0.126 e. The number of hydrogen-bond donors (Lipinski definition) is 1. The summed E-state index contributed by atoms with van der Waals surface area (Å²) in [5.74, 6) is 1.04. The Morgan fingerprint density at radius 1 is 1.33 bits per heavy atom. The molecule has 3 rings (SSSR count). The first-order valence-corrected chi connectivity index (χ1v) is 7.33. The number of rotatable bonds is 5. The van der Waals surface area contributed by atoms with Crippen LogP contribution in [0.1, 0.15) is 50.6 Å². The molecular weight excluding hydrogens is 222 g/mol. The Morgan fingerprint density at radius 2 is 2.22 bits per heavy atom. The van der Waals surface area contributed by atoms with Crippen LogP contribution in [0.15, 0.2) is 18.3 Å². The van der Waals surface area contributed by atoms with Crippen molar-refractivity contribution in [3.63, 3.8) is 0 Å². The topological polar surface area (TPSA) is 28.2 Å². The molecule has 0 amide bonds. The molecule has 2 aliphatic rings. The predicted octanol–water partition coefficient (Wildman–Crippen LogP) is 3.20. The molecule has 3 nitrogen and oxygen atoms in total. The first-order valence-electron chi connectivity index (χ1n) is 7.33. The second-order valence-corrected chi connectivity index (χ2v) is 5.59. The highest BCUT2D eigenvalue weighted by Crippen LogP contribution is 2.32. The minimum Gasteiger partial charge on any atom is -0.367 e. The molecule has 0 aromatic carbocycles. The summed E-state index contributed by atoms with van der Waals surface area (Å²) in [6, 6.07) is 5.70. The van der Waals surface area contributed by atoms with Gasteiger partial charge in [-0.05, 0) is 56.8 Å². The van der Waals surface area contributed by atoms with E-state index in [-0.39, 0.29) is 0 Å². The maximum atomic E-state index is 4.56. The summed E-state index contributed by atoms with van der Waals surface area (Å²) in [5.41, 5.74) is 1.39. The third-order valence-electron chi connectivity index (χ3n) is 3.97. The van der Waals surface area contributed by atoms with E-state index in [0.717, 1.165) is 5.82 Å². The Bertz CT molecular complexity index is 383. The van der Waals surface area contributed by atoms with Crippen molar-refractivity contribution in [1.82, 2.24) is 9.88 Å². The van der Waals surface area contributed by atoms with Gasteiger partial charge in [-0.2, -0.15) is 0 Å². The van der Waals surface area contributed by atoms with Crippen LogP contribution in [-0.2, 0) is 0 Å². The van der Waals surface area contributed by atoms with Gasteiger partial charge in [0.1, 0.15) is 5.82 Å². The van der Waals surface area contributed by atoms with E-state index in [9.17, 15) is 0 Å². The van der Waals surface area contributed by atoms with Gasteiger partial charge in [-0.15, -0.1) is 0 Å². The molecule has 1 unspecified atom stereocenters. The van der Waals surface area contributed by atoms with Crippen LogP contribution >= 0.6 is 0 Å². The summed E-state index contributed by atoms with van der Waals surface area (Å²) in [6.07, 6.45) is 8.53. The summed E-state index contributed by atoms with van der Waals surface area (Å²) >= 11 is 0. The van der Waals surface area contributed by atoms with E-state index in [4.69, 9.17) is 0 Å². The molecule has 1 aromatic rings. The zero-order valence-corrected chi connectivity index (χ0v) is 11.2. The molecule has 3 heteroatoms. The van der Waals surface area contributed by atoms with E-state index in [1.165, 1.54) is 50.8 Å². The Balaban J connectivity index is 1.67. The Kier molecular flexibility index (Phi) is 3.50. The zero-order valence-electron chi connectivity index (χ0n) is 11.2. The molecule has 2 fully saturated rings. The van der Waals surface area contributed by atoms with Gasteiger partial charge in [0.25, 0.3) is 0 Å². The van der Waals surface area contributed by atoms with Crippen LogP contribution in [0.4, 0.5) is 5.82 Å². The van der Waals surface area contributed by atoms with Crippen molar-refractivity contribution < 1.29 is 0 Å². The Morgan fingerprint density at radius 3 is 2.89 bits per heavy atom. The molecule has 18 heavy (non-hydrogen) atoms. The van der Waals surface area contributed by atoms with Gasteiger partial charge in [0.15, 0.2) is 0 Å². The lowest BCUT2D eigenvalue weighted by Gasteiger charge is -2.24. The average Bonchev–Trinajstić information content (AvgIpc) is 3.08. The highest BCUT2D eigenvalue weighted by atomic mass is 15.2. The van der Waals surface area contributed by atoms with Gasteiger partial charge in [-0.1, -0.05) is 13.0 Å². The van der Waals surface area contributed by atoms with Crippen molar-refractivity contribution in [2.45, 2.75) is 51.1 Å². The molecule has 1 aliphatic carbocycles. The minimum atomic E-state index is 0.604. The lowest BCUT2D eigenvalue weighted by Crippen LogP contribution is -2.24. The quantitative estimate of drug-likeness (QED) is 0.863. The summed E-state index contributed by atoms with van der Waals surface area (Å²) in [6.45, 7) is 4.73. The van der Waals surface area contributed by atoms with Gasteiger partial charge in [0, 0.05) is 18.3 Å². The lowest BCUT2D eigenvalue weighted by atomic mass is 10.1. The molecule has 1 N–H and O–H groups in total. The van der Waals surface area contributed by atoms with Gasteiger partial charge in [-0.3, -0.25) is 4.90 Å². The monoisotopic (exact) mass is 245 g/mol. The molecule has 1 atom stereocenters. The van der Waals surface area contributed by atoms with E-state index in [2.05, 4.69) is 40.5 Å². The summed E-state index contributed by atoms with van der Waals surface area (Å²) in [5, 5.41) is 3.45. The van der Waals surface area contributed by atoms with E-state index in [0.29, 0.717) is 12.1 Å². The van der Waals surface area contributed by atoms with Crippen LogP contribution in [0.5, 0.6) is 0 Å². The summed E-state index contributed by atoms with van der Waals surface area (Å²) < 4.78 is 0. The smallest absolute Gasteiger partial charge is 0.126 e. The highest BCUT2D eigenvalue weighted by Gasteiger charge is 2.25. The van der Waals surface area contributed by atoms with Crippen LogP contribution in [-0.4, -0.2) is 29.0 Å². The van der Waals surface area contributed by atoms with Gasteiger partial charge in [-0.25, -0.2) is 4.98 Å². The lowest BCUT2D eigenvalue weighted by molar-refractivity contribution is 0.257. The molecule has 1 aromatic heterocycles. The minimum absolute atomic E-state index is 0.604. The second-order valence-electron chi connectivity index (χ2n) is 5.59. The third kappa shape index (κ3) is 2.66. The first-order chi connectivity index (χ1) is 8.86. The van der Waals surface area contributed by atoms with Crippen LogP contribution in [0.25, 0.3) is 0 Å². The molecule has 0 spiro atoms. The number of likely N-dealkylation sites (tertiary alicyclic amines) is 1. The van der Waals surface area contributed by atoms with Gasteiger partial charge in [0.05, 0.1) is 0 Å². The molecule has 2 heterocycles. The molecule has 98 valence electrons. The molecule has 1 aliphatic heterocycles.